The van der Waals surface area contributed by atoms with Gasteiger partial charge in [-0.2, -0.15) is 0 Å². The topological polar surface area (TPSA) is 79.2 Å². The first kappa shape index (κ1) is 16.4. The molecule has 0 radical (unpaired) electrons. The van der Waals surface area contributed by atoms with Crippen molar-refractivity contribution in [1.82, 2.24) is 9.88 Å². The van der Waals surface area contributed by atoms with Crippen LogP contribution in [0, 0.1) is 12.3 Å². The van der Waals surface area contributed by atoms with Crippen LogP contribution in [0.1, 0.15) is 43.2 Å². The van der Waals surface area contributed by atoms with Gasteiger partial charge in [0.2, 0.25) is 0 Å². The first-order valence-corrected chi connectivity index (χ1v) is 6.99. The van der Waals surface area contributed by atoms with E-state index in [1.165, 1.54) is 12.3 Å². The van der Waals surface area contributed by atoms with Crippen LogP contribution in [0.2, 0.25) is 0 Å². The number of aromatic nitrogens is 1. The quantitative estimate of drug-likeness (QED) is 0.828. The minimum absolute atomic E-state index is 0.164. The fourth-order valence-electron chi connectivity index (χ4n) is 2.01. The average Bonchev–Trinajstić information content (AvgIpc) is 2.37. The fraction of sp³-hybridized carbons (Fsp3) is 0.600. The second kappa shape index (κ2) is 6.70. The molecule has 0 aromatic carbocycles. The van der Waals surface area contributed by atoms with Gasteiger partial charge in [0.25, 0.3) is 5.91 Å². The molecule has 0 saturated carbocycles. The highest BCUT2D eigenvalue weighted by atomic mass is 16.2. The van der Waals surface area contributed by atoms with E-state index in [1.54, 1.807) is 11.8 Å². The van der Waals surface area contributed by atoms with Gasteiger partial charge in [-0.1, -0.05) is 20.8 Å². The van der Waals surface area contributed by atoms with Crippen LogP contribution < -0.4 is 11.2 Å². The maximum atomic E-state index is 12.5. The lowest BCUT2D eigenvalue weighted by molar-refractivity contribution is 0.0688. The smallest absolute Gasteiger partial charge is 0.259 e. The van der Waals surface area contributed by atoms with Crippen LogP contribution in [0.25, 0.3) is 0 Å². The molecule has 0 atom stereocenters. The minimum Gasteiger partial charge on any atom is -0.364 e. The van der Waals surface area contributed by atoms with Crippen molar-refractivity contribution in [2.75, 3.05) is 19.6 Å². The Labute approximate surface area is 120 Å². The van der Waals surface area contributed by atoms with E-state index in [1.807, 2.05) is 20.8 Å². The second-order valence-electron chi connectivity index (χ2n) is 5.99. The number of aryl methyl sites for hydroxylation is 1. The summed E-state index contributed by atoms with van der Waals surface area (Å²) in [5.41, 5.74) is 6.27. The number of hydrogen-bond acceptors (Lipinski definition) is 3. The van der Waals surface area contributed by atoms with E-state index in [4.69, 9.17) is 5.73 Å². The van der Waals surface area contributed by atoms with E-state index in [0.29, 0.717) is 19.6 Å². The summed E-state index contributed by atoms with van der Waals surface area (Å²) in [6, 6.07) is 1.45. The number of pyridine rings is 1. The van der Waals surface area contributed by atoms with Gasteiger partial charge in [-0.3, -0.25) is 9.59 Å². The Kier molecular flexibility index (Phi) is 5.51. The zero-order valence-electron chi connectivity index (χ0n) is 12.8. The maximum Gasteiger partial charge on any atom is 0.259 e. The Balaban J connectivity index is 3.02. The highest BCUT2D eigenvalue weighted by molar-refractivity contribution is 5.93. The third kappa shape index (κ3) is 4.20. The van der Waals surface area contributed by atoms with Gasteiger partial charge in [-0.15, -0.1) is 0 Å². The zero-order chi connectivity index (χ0) is 15.3. The lowest BCUT2D eigenvalue weighted by atomic mass is 9.92. The van der Waals surface area contributed by atoms with Gasteiger partial charge >= 0.3 is 0 Å². The summed E-state index contributed by atoms with van der Waals surface area (Å²) >= 11 is 0. The summed E-state index contributed by atoms with van der Waals surface area (Å²) in [6.45, 7) is 9.49. The second-order valence-corrected chi connectivity index (χ2v) is 5.99. The molecule has 1 amide bonds. The number of aromatic amines is 1. The standard InChI is InChI=1S/C15H25N3O2/c1-5-6-18(10-15(3,4)9-16)14(20)12-8-17-11(2)7-13(12)19/h7-8H,5-6,9-10,16H2,1-4H3,(H,17,19). The monoisotopic (exact) mass is 279 g/mol. The molecule has 1 aromatic rings. The van der Waals surface area contributed by atoms with Crippen LogP contribution in [-0.4, -0.2) is 35.4 Å². The number of H-pyrrole nitrogens is 1. The molecule has 5 heteroatoms. The minimum atomic E-state index is -0.238. The van der Waals surface area contributed by atoms with Gasteiger partial charge in [0.05, 0.1) is 0 Å². The molecule has 0 aliphatic carbocycles. The lowest BCUT2D eigenvalue weighted by Crippen LogP contribution is -2.43. The molecule has 1 aromatic heterocycles. The molecular weight excluding hydrogens is 254 g/mol. The fourth-order valence-corrected chi connectivity index (χ4v) is 2.01. The van der Waals surface area contributed by atoms with Crippen LogP contribution in [0.3, 0.4) is 0 Å². The predicted molar refractivity (Wildman–Crippen MR) is 80.8 cm³/mol. The molecule has 3 N–H and O–H groups in total. The molecule has 0 bridgehead atoms. The van der Waals surface area contributed by atoms with Gasteiger partial charge < -0.3 is 15.6 Å². The third-order valence-electron chi connectivity index (χ3n) is 3.24. The van der Waals surface area contributed by atoms with Crippen molar-refractivity contribution in [1.29, 1.82) is 0 Å². The Morgan fingerprint density at radius 2 is 2.10 bits per heavy atom. The molecule has 0 unspecified atom stereocenters. The van der Waals surface area contributed by atoms with Crippen molar-refractivity contribution in [3.63, 3.8) is 0 Å². The molecule has 1 heterocycles. The number of amides is 1. The number of carbonyl (C=O) groups excluding carboxylic acids is 1. The SMILES string of the molecule is CCCN(CC(C)(C)CN)C(=O)c1c[nH]c(C)cc1=O. The summed E-state index contributed by atoms with van der Waals surface area (Å²) in [7, 11) is 0. The average molecular weight is 279 g/mol. The largest absolute Gasteiger partial charge is 0.364 e. The Morgan fingerprint density at radius 3 is 2.60 bits per heavy atom. The molecular formula is C15H25N3O2. The summed E-state index contributed by atoms with van der Waals surface area (Å²) in [4.78, 5) is 29.1. The number of nitrogens with two attached hydrogens (primary N) is 1. The van der Waals surface area contributed by atoms with Crippen molar-refractivity contribution < 1.29 is 4.79 Å². The number of rotatable bonds is 6. The van der Waals surface area contributed by atoms with Crippen molar-refractivity contribution in [2.24, 2.45) is 11.1 Å². The van der Waals surface area contributed by atoms with Crippen LogP contribution in [-0.2, 0) is 0 Å². The van der Waals surface area contributed by atoms with Gasteiger partial charge in [0, 0.05) is 31.0 Å². The first-order valence-electron chi connectivity index (χ1n) is 6.99. The van der Waals surface area contributed by atoms with Gasteiger partial charge in [0.15, 0.2) is 5.43 Å². The highest BCUT2D eigenvalue weighted by Crippen LogP contribution is 2.16. The van der Waals surface area contributed by atoms with Crippen molar-refractivity contribution in [3.8, 4) is 0 Å². The van der Waals surface area contributed by atoms with Crippen molar-refractivity contribution in [3.05, 3.63) is 33.7 Å². The van der Waals surface area contributed by atoms with E-state index in [-0.39, 0.29) is 22.3 Å². The van der Waals surface area contributed by atoms with Crippen LogP contribution >= 0.6 is 0 Å². The van der Waals surface area contributed by atoms with E-state index in [0.717, 1.165) is 12.1 Å². The summed E-state index contributed by atoms with van der Waals surface area (Å²) in [5.74, 6) is -0.227. The number of nitrogens with one attached hydrogen (secondary N) is 1. The van der Waals surface area contributed by atoms with Gasteiger partial charge in [-0.05, 0) is 25.3 Å². The van der Waals surface area contributed by atoms with Crippen molar-refractivity contribution >= 4 is 5.91 Å². The summed E-state index contributed by atoms with van der Waals surface area (Å²) < 4.78 is 0. The molecule has 5 nitrogen and oxygen atoms in total. The molecule has 1 rings (SSSR count). The van der Waals surface area contributed by atoms with E-state index < -0.39 is 0 Å². The molecule has 0 aliphatic heterocycles. The van der Waals surface area contributed by atoms with E-state index >= 15 is 0 Å². The molecule has 112 valence electrons. The Bertz CT molecular complexity index is 520. The van der Waals surface area contributed by atoms with E-state index in [2.05, 4.69) is 4.98 Å². The van der Waals surface area contributed by atoms with Crippen LogP contribution in [0.4, 0.5) is 0 Å². The van der Waals surface area contributed by atoms with Crippen LogP contribution in [0.5, 0.6) is 0 Å². The molecule has 20 heavy (non-hydrogen) atoms. The summed E-state index contributed by atoms with van der Waals surface area (Å²) in [6.07, 6.45) is 2.34. The van der Waals surface area contributed by atoms with Gasteiger partial charge in [-0.25, -0.2) is 0 Å². The van der Waals surface area contributed by atoms with Gasteiger partial charge in [0.1, 0.15) is 5.56 Å². The number of hydrogen-bond donors (Lipinski definition) is 2. The maximum absolute atomic E-state index is 12.5. The Hall–Kier alpha value is -1.62. The molecule has 0 spiro atoms. The van der Waals surface area contributed by atoms with Crippen LogP contribution in [0.15, 0.2) is 17.1 Å². The molecule has 0 saturated heterocycles. The number of nitrogens with zero attached hydrogens (tertiary/aromatic N) is 1. The molecule has 0 aliphatic rings. The zero-order valence-corrected chi connectivity index (χ0v) is 12.8. The molecule has 0 fully saturated rings. The summed E-state index contributed by atoms with van der Waals surface area (Å²) in [5, 5.41) is 0. The first-order chi connectivity index (χ1) is 9.30. The number of carbonyl (C=O) groups is 1. The highest BCUT2D eigenvalue weighted by Gasteiger charge is 2.25. The normalized spacial score (nSPS) is 11.4. The third-order valence-corrected chi connectivity index (χ3v) is 3.24. The predicted octanol–water partition coefficient (Wildman–Crippen LogP) is 1.52. The Morgan fingerprint density at radius 1 is 1.45 bits per heavy atom. The van der Waals surface area contributed by atoms with Crippen molar-refractivity contribution in [2.45, 2.75) is 34.1 Å². The van der Waals surface area contributed by atoms with E-state index in [9.17, 15) is 9.59 Å². The lowest BCUT2D eigenvalue weighted by Gasteiger charge is -2.31.